The molecule has 0 saturated carbocycles. The van der Waals surface area contributed by atoms with Crippen LogP contribution in [0.5, 0.6) is 0 Å². The van der Waals surface area contributed by atoms with Crippen molar-refractivity contribution in [2.24, 2.45) is 0 Å². The summed E-state index contributed by atoms with van der Waals surface area (Å²) in [6.45, 7) is 1.67. The molecule has 1 aromatic carbocycles. The van der Waals surface area contributed by atoms with E-state index in [1.165, 1.54) is 30.6 Å². The number of carbonyl (C=O) groups is 1. The Bertz CT molecular complexity index is 697. The summed E-state index contributed by atoms with van der Waals surface area (Å²) in [5.41, 5.74) is 0.639. The van der Waals surface area contributed by atoms with Crippen LogP contribution in [0.1, 0.15) is 15.9 Å². The van der Waals surface area contributed by atoms with Crippen molar-refractivity contribution in [3.63, 3.8) is 0 Å². The first-order chi connectivity index (χ1) is 8.99. The number of nitrogens with one attached hydrogen (secondary N) is 2. The second kappa shape index (κ2) is 5.36. The van der Waals surface area contributed by atoms with E-state index in [0.717, 1.165) is 0 Å². The van der Waals surface area contributed by atoms with Crippen molar-refractivity contribution >= 4 is 27.5 Å². The van der Waals surface area contributed by atoms with Crippen LogP contribution in [-0.2, 0) is 0 Å². The third-order valence-corrected chi connectivity index (χ3v) is 3.19. The standard InChI is InChI=1S/C13H10BrFN2O2/c1-7-4-10(15)9(14)5-11(7)17-13(19)8-6-16-3-2-12(8)18/h2-6H,1H3,(H,16,18)(H,17,19). The lowest BCUT2D eigenvalue weighted by molar-refractivity contribution is 0.102. The molecule has 0 bridgehead atoms. The molecule has 0 radical (unpaired) electrons. The SMILES string of the molecule is Cc1cc(F)c(Br)cc1NC(=O)c1c[nH]ccc1=O. The molecule has 0 unspecified atom stereocenters. The van der Waals surface area contributed by atoms with E-state index >= 15 is 0 Å². The Morgan fingerprint density at radius 1 is 1.42 bits per heavy atom. The van der Waals surface area contributed by atoms with Gasteiger partial charge in [-0.2, -0.15) is 0 Å². The summed E-state index contributed by atoms with van der Waals surface area (Å²) in [4.78, 5) is 26.1. The number of hydrogen-bond acceptors (Lipinski definition) is 2. The molecule has 2 rings (SSSR count). The topological polar surface area (TPSA) is 62.0 Å². The Balaban J connectivity index is 2.32. The molecule has 19 heavy (non-hydrogen) atoms. The van der Waals surface area contributed by atoms with Gasteiger partial charge in [0.05, 0.1) is 4.47 Å². The van der Waals surface area contributed by atoms with Crippen molar-refractivity contribution in [1.82, 2.24) is 4.98 Å². The Labute approximate surface area is 116 Å². The van der Waals surface area contributed by atoms with Crippen LogP contribution in [0.25, 0.3) is 0 Å². The number of H-pyrrole nitrogens is 1. The molecule has 2 N–H and O–H groups in total. The van der Waals surface area contributed by atoms with Gasteiger partial charge in [-0.25, -0.2) is 4.39 Å². The second-order valence-corrected chi connectivity index (χ2v) is 4.81. The van der Waals surface area contributed by atoms with Gasteiger partial charge in [0.25, 0.3) is 5.91 Å². The molecule has 98 valence electrons. The summed E-state index contributed by atoms with van der Waals surface area (Å²) < 4.78 is 13.5. The lowest BCUT2D eigenvalue weighted by Crippen LogP contribution is -2.21. The van der Waals surface area contributed by atoms with Crippen molar-refractivity contribution in [2.45, 2.75) is 6.92 Å². The van der Waals surface area contributed by atoms with Crippen molar-refractivity contribution in [2.75, 3.05) is 5.32 Å². The molecule has 2 aromatic rings. The van der Waals surface area contributed by atoms with E-state index in [-0.39, 0.29) is 15.5 Å². The molecular formula is C13H10BrFN2O2. The van der Waals surface area contributed by atoms with E-state index in [4.69, 9.17) is 0 Å². The number of benzene rings is 1. The molecule has 0 fully saturated rings. The first kappa shape index (κ1) is 13.5. The minimum atomic E-state index is -0.538. The summed E-state index contributed by atoms with van der Waals surface area (Å²) in [6.07, 6.45) is 2.77. The first-order valence-electron chi connectivity index (χ1n) is 5.43. The molecule has 0 aliphatic carbocycles. The van der Waals surface area contributed by atoms with Gasteiger partial charge in [0.2, 0.25) is 0 Å². The maximum Gasteiger partial charge on any atom is 0.261 e. The highest BCUT2D eigenvalue weighted by atomic mass is 79.9. The molecule has 1 heterocycles. The lowest BCUT2D eigenvalue weighted by atomic mass is 10.2. The normalized spacial score (nSPS) is 10.3. The van der Waals surface area contributed by atoms with E-state index in [1.54, 1.807) is 6.92 Å². The van der Waals surface area contributed by atoms with E-state index in [9.17, 15) is 14.0 Å². The van der Waals surface area contributed by atoms with Gasteiger partial charge in [-0.15, -0.1) is 0 Å². The summed E-state index contributed by atoms with van der Waals surface area (Å²) in [7, 11) is 0. The number of aromatic nitrogens is 1. The maximum absolute atomic E-state index is 13.3. The Kier molecular flexibility index (Phi) is 3.80. The number of halogens is 2. The fourth-order valence-corrected chi connectivity index (χ4v) is 1.91. The van der Waals surface area contributed by atoms with Gasteiger partial charge in [-0.3, -0.25) is 9.59 Å². The summed E-state index contributed by atoms with van der Waals surface area (Å²) >= 11 is 3.05. The Hall–Kier alpha value is -1.95. The molecule has 6 heteroatoms. The number of hydrogen-bond donors (Lipinski definition) is 2. The molecule has 1 aromatic heterocycles. The van der Waals surface area contributed by atoms with E-state index in [2.05, 4.69) is 26.2 Å². The zero-order chi connectivity index (χ0) is 14.0. The van der Waals surface area contributed by atoms with E-state index in [1.807, 2.05) is 0 Å². The third kappa shape index (κ3) is 2.90. The minimum Gasteiger partial charge on any atom is -0.367 e. The van der Waals surface area contributed by atoms with Crippen molar-refractivity contribution in [3.8, 4) is 0 Å². The molecule has 0 atom stereocenters. The molecule has 4 nitrogen and oxygen atoms in total. The van der Waals surface area contributed by atoms with Gasteiger partial charge in [0.15, 0.2) is 5.43 Å². The average Bonchev–Trinajstić information content (AvgIpc) is 2.36. The number of aromatic amines is 1. The number of rotatable bonds is 2. The molecule has 0 aliphatic rings. The van der Waals surface area contributed by atoms with Crippen LogP contribution in [0.4, 0.5) is 10.1 Å². The number of anilines is 1. The highest BCUT2D eigenvalue weighted by Crippen LogP contribution is 2.24. The molecule has 0 aliphatic heterocycles. The van der Waals surface area contributed by atoms with Crippen LogP contribution in [0.3, 0.4) is 0 Å². The largest absolute Gasteiger partial charge is 0.367 e. The highest BCUT2D eigenvalue weighted by molar-refractivity contribution is 9.10. The molecule has 0 saturated heterocycles. The van der Waals surface area contributed by atoms with Gasteiger partial charge >= 0.3 is 0 Å². The fourth-order valence-electron chi connectivity index (χ4n) is 1.56. The first-order valence-corrected chi connectivity index (χ1v) is 6.22. The van der Waals surface area contributed by atoms with Gasteiger partial charge in [0.1, 0.15) is 11.4 Å². The van der Waals surface area contributed by atoms with Crippen LogP contribution < -0.4 is 10.7 Å². The predicted molar refractivity (Wildman–Crippen MR) is 73.9 cm³/mol. The van der Waals surface area contributed by atoms with Crippen molar-refractivity contribution in [1.29, 1.82) is 0 Å². The summed E-state index contributed by atoms with van der Waals surface area (Å²) in [6, 6.07) is 4.02. The average molecular weight is 325 g/mol. The lowest BCUT2D eigenvalue weighted by Gasteiger charge is -2.09. The summed E-state index contributed by atoms with van der Waals surface area (Å²) in [5.74, 6) is -0.948. The van der Waals surface area contributed by atoms with E-state index < -0.39 is 11.7 Å². The zero-order valence-corrected chi connectivity index (χ0v) is 11.5. The number of amides is 1. The van der Waals surface area contributed by atoms with Crippen LogP contribution in [0, 0.1) is 12.7 Å². The van der Waals surface area contributed by atoms with Crippen molar-refractivity contribution in [3.05, 3.63) is 62.2 Å². The smallest absolute Gasteiger partial charge is 0.261 e. The van der Waals surface area contributed by atoms with Gasteiger partial charge < -0.3 is 10.3 Å². The Morgan fingerprint density at radius 2 is 2.16 bits per heavy atom. The third-order valence-electron chi connectivity index (χ3n) is 2.58. The van der Waals surface area contributed by atoms with Crippen LogP contribution in [-0.4, -0.2) is 10.9 Å². The monoisotopic (exact) mass is 324 g/mol. The molecule has 1 amide bonds. The number of carbonyl (C=O) groups excluding carboxylic acids is 1. The predicted octanol–water partition coefficient (Wildman–Crippen LogP) is 2.84. The molecular weight excluding hydrogens is 315 g/mol. The number of pyridine rings is 1. The van der Waals surface area contributed by atoms with E-state index in [0.29, 0.717) is 11.3 Å². The Morgan fingerprint density at radius 3 is 2.84 bits per heavy atom. The highest BCUT2D eigenvalue weighted by Gasteiger charge is 2.12. The van der Waals surface area contributed by atoms with Crippen molar-refractivity contribution < 1.29 is 9.18 Å². The summed E-state index contributed by atoms with van der Waals surface area (Å²) in [5, 5.41) is 2.58. The van der Waals surface area contributed by atoms with Crippen LogP contribution in [0.2, 0.25) is 0 Å². The quantitative estimate of drug-likeness (QED) is 0.892. The second-order valence-electron chi connectivity index (χ2n) is 3.96. The van der Waals surface area contributed by atoms with Crippen LogP contribution >= 0.6 is 15.9 Å². The number of aryl methyl sites for hydroxylation is 1. The van der Waals surface area contributed by atoms with Gasteiger partial charge in [-0.1, -0.05) is 0 Å². The van der Waals surface area contributed by atoms with Gasteiger partial charge in [-0.05, 0) is 40.5 Å². The molecule has 0 spiro atoms. The van der Waals surface area contributed by atoms with Crippen LogP contribution in [0.15, 0.2) is 39.9 Å². The zero-order valence-electron chi connectivity index (χ0n) is 9.96. The maximum atomic E-state index is 13.3. The fraction of sp³-hybridized carbons (Fsp3) is 0.0769. The van der Waals surface area contributed by atoms with Gasteiger partial charge in [0, 0.05) is 24.1 Å². The minimum absolute atomic E-state index is 0.00217.